The fraction of sp³-hybridized carbons (Fsp3) is 0.125. The average molecular weight is 280 g/mol. The summed E-state index contributed by atoms with van der Waals surface area (Å²) in [7, 11) is 0. The summed E-state index contributed by atoms with van der Waals surface area (Å²) in [6.07, 6.45) is 0. The predicted molar refractivity (Wildman–Crippen MR) is 81.3 cm³/mol. The molecule has 4 heteroatoms. The Labute approximate surface area is 120 Å². The molecule has 1 aliphatic rings. The van der Waals surface area contributed by atoms with Gasteiger partial charge in [-0.1, -0.05) is 24.3 Å². The Hall–Kier alpha value is -2.20. The highest BCUT2D eigenvalue weighted by Crippen LogP contribution is 2.37. The first-order valence-corrected chi connectivity index (χ1v) is 7.36. The summed E-state index contributed by atoms with van der Waals surface area (Å²) in [5.41, 5.74) is 2.74. The van der Waals surface area contributed by atoms with Crippen LogP contribution in [0.4, 0.5) is 5.69 Å². The van der Waals surface area contributed by atoms with Crippen LogP contribution in [0.2, 0.25) is 0 Å². The van der Waals surface area contributed by atoms with E-state index in [2.05, 4.69) is 4.98 Å². The van der Waals surface area contributed by atoms with Crippen molar-refractivity contribution >= 4 is 33.7 Å². The van der Waals surface area contributed by atoms with Gasteiger partial charge in [-0.3, -0.25) is 4.79 Å². The normalized spacial score (nSPS) is 13.4. The maximum absolute atomic E-state index is 12.6. The predicted octanol–water partition coefficient (Wildman–Crippen LogP) is 3.77. The third kappa shape index (κ3) is 1.58. The molecule has 0 bridgehead atoms. The fourth-order valence-corrected chi connectivity index (χ4v) is 3.38. The quantitative estimate of drug-likeness (QED) is 0.716. The van der Waals surface area contributed by atoms with Crippen molar-refractivity contribution in [3.05, 3.63) is 58.0 Å². The number of hydrogen-bond donors (Lipinski definition) is 0. The van der Waals surface area contributed by atoms with Gasteiger partial charge in [0.2, 0.25) is 0 Å². The van der Waals surface area contributed by atoms with Gasteiger partial charge in [-0.2, -0.15) is 0 Å². The lowest BCUT2D eigenvalue weighted by Crippen LogP contribution is -2.26. The summed E-state index contributed by atoms with van der Waals surface area (Å²) in [4.78, 5) is 18.9. The second-order valence-electron chi connectivity index (χ2n) is 4.93. The number of anilines is 1. The van der Waals surface area contributed by atoms with Gasteiger partial charge in [0.25, 0.3) is 5.91 Å². The molecule has 20 heavy (non-hydrogen) atoms. The zero-order valence-electron chi connectivity index (χ0n) is 11.0. The van der Waals surface area contributed by atoms with Gasteiger partial charge in [0, 0.05) is 16.3 Å². The van der Waals surface area contributed by atoms with Gasteiger partial charge in [-0.15, -0.1) is 11.3 Å². The summed E-state index contributed by atoms with van der Waals surface area (Å²) >= 11 is 1.62. The van der Waals surface area contributed by atoms with E-state index in [1.807, 2.05) is 53.6 Å². The monoisotopic (exact) mass is 280 g/mol. The lowest BCUT2D eigenvalue weighted by atomic mass is 10.1. The standard InChI is InChI=1S/C16H12N2OS/c1-10-17-12(9-20-10)8-18-14-7-3-5-11-4-2-6-13(15(11)14)16(18)19/h2-7,9H,8H2,1H3. The van der Waals surface area contributed by atoms with Crippen molar-refractivity contribution in [2.75, 3.05) is 4.90 Å². The molecule has 3 nitrogen and oxygen atoms in total. The highest BCUT2D eigenvalue weighted by atomic mass is 32.1. The van der Waals surface area contributed by atoms with E-state index in [1.54, 1.807) is 11.3 Å². The van der Waals surface area contributed by atoms with Crippen LogP contribution in [0.15, 0.2) is 41.8 Å². The van der Waals surface area contributed by atoms with Crippen LogP contribution in [-0.4, -0.2) is 10.9 Å². The smallest absolute Gasteiger partial charge is 0.259 e. The molecule has 0 fully saturated rings. The topological polar surface area (TPSA) is 33.2 Å². The van der Waals surface area contributed by atoms with Gasteiger partial charge in [0.1, 0.15) is 0 Å². The molecule has 2 aromatic carbocycles. The van der Waals surface area contributed by atoms with E-state index in [0.29, 0.717) is 6.54 Å². The second kappa shape index (κ2) is 4.15. The first kappa shape index (κ1) is 11.6. The van der Waals surface area contributed by atoms with Gasteiger partial charge < -0.3 is 4.90 Å². The van der Waals surface area contributed by atoms with Crippen molar-refractivity contribution in [1.29, 1.82) is 0 Å². The number of thiazole rings is 1. The van der Waals surface area contributed by atoms with Crippen molar-refractivity contribution in [2.24, 2.45) is 0 Å². The number of carbonyl (C=O) groups is 1. The van der Waals surface area contributed by atoms with Crippen LogP contribution in [0.1, 0.15) is 21.1 Å². The SMILES string of the molecule is Cc1nc(CN2C(=O)c3cccc4cccc2c34)cs1. The Kier molecular flexibility index (Phi) is 2.41. The largest absolute Gasteiger partial charge is 0.302 e. The van der Waals surface area contributed by atoms with Crippen molar-refractivity contribution in [3.8, 4) is 0 Å². The number of rotatable bonds is 2. The Morgan fingerprint density at radius 1 is 1.20 bits per heavy atom. The molecule has 4 rings (SSSR count). The molecule has 0 aliphatic carbocycles. The Morgan fingerprint density at radius 2 is 2.00 bits per heavy atom. The number of hydrogen-bond acceptors (Lipinski definition) is 3. The van der Waals surface area contributed by atoms with Crippen LogP contribution < -0.4 is 4.90 Å². The molecular weight excluding hydrogens is 268 g/mol. The van der Waals surface area contributed by atoms with E-state index in [0.717, 1.165) is 32.7 Å². The molecule has 98 valence electrons. The van der Waals surface area contributed by atoms with E-state index >= 15 is 0 Å². The third-order valence-electron chi connectivity index (χ3n) is 3.64. The number of amides is 1. The van der Waals surface area contributed by atoms with Crippen molar-refractivity contribution in [2.45, 2.75) is 13.5 Å². The summed E-state index contributed by atoms with van der Waals surface area (Å²) in [5, 5.41) is 5.23. The second-order valence-corrected chi connectivity index (χ2v) is 5.99. The Bertz CT molecular complexity index is 832. The summed E-state index contributed by atoms with van der Waals surface area (Å²) in [5.74, 6) is 0.0717. The average Bonchev–Trinajstić information content (AvgIpc) is 2.98. The molecule has 3 aromatic rings. The van der Waals surface area contributed by atoms with Crippen molar-refractivity contribution < 1.29 is 4.79 Å². The molecule has 0 atom stereocenters. The van der Waals surface area contributed by atoms with Crippen LogP contribution >= 0.6 is 11.3 Å². The lowest BCUT2D eigenvalue weighted by molar-refractivity contribution is 0.0991. The first-order valence-electron chi connectivity index (χ1n) is 6.48. The van der Waals surface area contributed by atoms with E-state index in [-0.39, 0.29) is 5.91 Å². The van der Waals surface area contributed by atoms with E-state index < -0.39 is 0 Å². The summed E-state index contributed by atoms with van der Waals surface area (Å²) in [6, 6.07) is 11.9. The molecule has 1 aliphatic heterocycles. The zero-order chi connectivity index (χ0) is 13.7. The molecule has 2 heterocycles. The minimum atomic E-state index is 0.0717. The van der Waals surface area contributed by atoms with Crippen LogP contribution in [0.3, 0.4) is 0 Å². The van der Waals surface area contributed by atoms with Crippen LogP contribution in [0, 0.1) is 6.92 Å². The highest BCUT2D eigenvalue weighted by Gasteiger charge is 2.29. The van der Waals surface area contributed by atoms with Crippen LogP contribution in [-0.2, 0) is 6.54 Å². The van der Waals surface area contributed by atoms with Gasteiger partial charge >= 0.3 is 0 Å². The fourth-order valence-electron chi connectivity index (χ4n) is 2.78. The summed E-state index contributed by atoms with van der Waals surface area (Å²) in [6.45, 7) is 2.52. The molecule has 0 radical (unpaired) electrons. The minimum Gasteiger partial charge on any atom is -0.302 e. The van der Waals surface area contributed by atoms with Crippen LogP contribution in [0.25, 0.3) is 10.8 Å². The number of carbonyl (C=O) groups excluding carboxylic acids is 1. The molecule has 1 aromatic heterocycles. The van der Waals surface area contributed by atoms with Gasteiger partial charge in [0.15, 0.2) is 0 Å². The zero-order valence-corrected chi connectivity index (χ0v) is 11.8. The lowest BCUT2D eigenvalue weighted by Gasteiger charge is -2.16. The first-order chi connectivity index (χ1) is 9.74. The molecule has 0 saturated carbocycles. The molecule has 0 N–H and O–H groups in total. The Morgan fingerprint density at radius 3 is 2.75 bits per heavy atom. The van der Waals surface area contributed by atoms with Gasteiger partial charge in [-0.05, 0) is 24.4 Å². The summed E-state index contributed by atoms with van der Waals surface area (Å²) < 4.78 is 0. The Balaban J connectivity index is 1.84. The van der Waals surface area contributed by atoms with Gasteiger partial charge in [-0.25, -0.2) is 4.98 Å². The number of benzene rings is 2. The van der Waals surface area contributed by atoms with Crippen molar-refractivity contribution in [1.82, 2.24) is 4.98 Å². The maximum Gasteiger partial charge on any atom is 0.259 e. The van der Waals surface area contributed by atoms with E-state index in [4.69, 9.17) is 0 Å². The maximum atomic E-state index is 12.6. The number of aryl methyl sites for hydroxylation is 1. The molecule has 0 spiro atoms. The molecular formula is C16H12N2OS. The molecule has 0 saturated heterocycles. The third-order valence-corrected chi connectivity index (χ3v) is 4.46. The van der Waals surface area contributed by atoms with Gasteiger partial charge in [0.05, 0.1) is 22.9 Å². The minimum absolute atomic E-state index is 0.0717. The van der Waals surface area contributed by atoms with Crippen molar-refractivity contribution in [3.63, 3.8) is 0 Å². The number of aromatic nitrogens is 1. The molecule has 1 amide bonds. The highest BCUT2D eigenvalue weighted by molar-refractivity contribution is 7.09. The van der Waals surface area contributed by atoms with E-state index in [9.17, 15) is 4.79 Å². The number of nitrogens with zero attached hydrogens (tertiary/aromatic N) is 2. The van der Waals surface area contributed by atoms with E-state index in [1.165, 1.54) is 0 Å². The van der Waals surface area contributed by atoms with Crippen LogP contribution in [0.5, 0.6) is 0 Å². The molecule has 0 unspecified atom stereocenters.